The lowest BCUT2D eigenvalue weighted by molar-refractivity contribution is 0.220. The number of hydrogen-bond donors (Lipinski definition) is 1. The van der Waals surface area contributed by atoms with E-state index in [0.29, 0.717) is 0 Å². The maximum absolute atomic E-state index is 10.3. The molecule has 2 heterocycles. The third kappa shape index (κ3) is 2.61. The molecule has 3 heteroatoms. The Morgan fingerprint density at radius 1 is 0.947 bits per heavy atom. The summed E-state index contributed by atoms with van der Waals surface area (Å²) in [6, 6.07) is 13.7. The van der Waals surface area contributed by atoms with Crippen molar-refractivity contribution < 1.29 is 5.11 Å². The van der Waals surface area contributed by atoms with Gasteiger partial charge in [0.15, 0.2) is 0 Å². The van der Waals surface area contributed by atoms with Crippen molar-refractivity contribution in [1.82, 2.24) is 4.98 Å². The third-order valence-corrected chi connectivity index (χ3v) is 3.63. The van der Waals surface area contributed by atoms with Crippen molar-refractivity contribution in [3.05, 3.63) is 59.8 Å². The molecule has 1 fully saturated rings. The van der Waals surface area contributed by atoms with Crippen LogP contribution in [0.15, 0.2) is 48.7 Å². The maximum atomic E-state index is 10.3. The Kier molecular flexibility index (Phi) is 3.47. The predicted molar refractivity (Wildman–Crippen MR) is 76.2 cm³/mol. The highest BCUT2D eigenvalue weighted by atomic mass is 16.3. The number of pyridine rings is 1. The second-order valence-corrected chi connectivity index (χ2v) is 4.96. The summed E-state index contributed by atoms with van der Waals surface area (Å²) in [5.74, 6) is 1.02. The lowest BCUT2D eigenvalue weighted by atomic mass is 10.0. The van der Waals surface area contributed by atoms with Crippen LogP contribution in [0.5, 0.6) is 0 Å². The molecule has 0 amide bonds. The van der Waals surface area contributed by atoms with E-state index in [0.717, 1.165) is 30.0 Å². The monoisotopic (exact) mass is 254 g/mol. The Morgan fingerprint density at radius 2 is 1.68 bits per heavy atom. The van der Waals surface area contributed by atoms with E-state index >= 15 is 0 Å². The van der Waals surface area contributed by atoms with E-state index in [2.05, 4.69) is 9.88 Å². The number of anilines is 1. The molecule has 1 aliphatic heterocycles. The van der Waals surface area contributed by atoms with Gasteiger partial charge in [0.25, 0.3) is 0 Å². The number of aliphatic hydroxyl groups is 1. The summed E-state index contributed by atoms with van der Waals surface area (Å²) < 4.78 is 0. The van der Waals surface area contributed by atoms with Crippen molar-refractivity contribution in [3.63, 3.8) is 0 Å². The average Bonchev–Trinajstić information content (AvgIpc) is 3.02. The van der Waals surface area contributed by atoms with Crippen LogP contribution >= 0.6 is 0 Å². The molecule has 0 unspecified atom stereocenters. The molecule has 1 aromatic heterocycles. The van der Waals surface area contributed by atoms with Crippen LogP contribution in [0.4, 0.5) is 5.82 Å². The van der Waals surface area contributed by atoms with E-state index in [4.69, 9.17) is 0 Å². The molecule has 98 valence electrons. The molecule has 1 N–H and O–H groups in total. The standard InChI is InChI=1S/C16H18N2O/c19-16(13-6-2-1-3-7-13)14-8-9-15(17-12-14)18-10-4-5-11-18/h1-3,6-9,12,16,19H,4-5,10-11H2/t16-/m1/s1. The van der Waals surface area contributed by atoms with Crippen molar-refractivity contribution in [2.24, 2.45) is 0 Å². The summed E-state index contributed by atoms with van der Waals surface area (Å²) in [4.78, 5) is 6.76. The minimum absolute atomic E-state index is 0.596. The van der Waals surface area contributed by atoms with Gasteiger partial charge in [-0.05, 0) is 24.5 Å². The SMILES string of the molecule is O[C@H](c1ccccc1)c1ccc(N2CCCC2)nc1. The fourth-order valence-electron chi connectivity index (χ4n) is 2.52. The van der Waals surface area contributed by atoms with Crippen molar-refractivity contribution in [3.8, 4) is 0 Å². The fourth-order valence-corrected chi connectivity index (χ4v) is 2.52. The summed E-state index contributed by atoms with van der Waals surface area (Å²) in [5, 5.41) is 10.3. The van der Waals surface area contributed by atoms with Gasteiger partial charge in [0.2, 0.25) is 0 Å². The molecule has 19 heavy (non-hydrogen) atoms. The number of nitrogens with zero attached hydrogens (tertiary/aromatic N) is 2. The number of rotatable bonds is 3. The highest BCUT2D eigenvalue weighted by Crippen LogP contribution is 2.23. The van der Waals surface area contributed by atoms with Crippen LogP contribution in [0.25, 0.3) is 0 Å². The molecule has 1 aliphatic rings. The first-order chi connectivity index (χ1) is 9.34. The zero-order valence-electron chi connectivity index (χ0n) is 10.9. The zero-order chi connectivity index (χ0) is 13.1. The third-order valence-electron chi connectivity index (χ3n) is 3.63. The Hall–Kier alpha value is -1.87. The molecule has 1 atom stereocenters. The molecular weight excluding hydrogens is 236 g/mol. The van der Waals surface area contributed by atoms with Crippen LogP contribution < -0.4 is 4.90 Å². The van der Waals surface area contributed by atoms with Crippen molar-refractivity contribution in [2.45, 2.75) is 18.9 Å². The van der Waals surface area contributed by atoms with Crippen LogP contribution in [-0.4, -0.2) is 23.2 Å². The molecule has 3 rings (SSSR count). The Bertz CT molecular complexity index is 518. The molecule has 2 aromatic rings. The van der Waals surface area contributed by atoms with Crippen LogP contribution in [-0.2, 0) is 0 Å². The van der Waals surface area contributed by atoms with E-state index < -0.39 is 6.10 Å². The smallest absolute Gasteiger partial charge is 0.128 e. The molecule has 1 saturated heterocycles. The van der Waals surface area contributed by atoms with Gasteiger partial charge in [0.05, 0.1) is 0 Å². The highest BCUT2D eigenvalue weighted by Gasteiger charge is 2.15. The van der Waals surface area contributed by atoms with Crippen molar-refractivity contribution in [2.75, 3.05) is 18.0 Å². The van der Waals surface area contributed by atoms with E-state index in [1.165, 1.54) is 12.8 Å². The van der Waals surface area contributed by atoms with E-state index in [1.807, 2.05) is 42.5 Å². The largest absolute Gasteiger partial charge is 0.384 e. The minimum Gasteiger partial charge on any atom is -0.384 e. The molecule has 0 bridgehead atoms. The Labute approximate surface area is 113 Å². The number of hydrogen-bond acceptors (Lipinski definition) is 3. The van der Waals surface area contributed by atoms with Crippen molar-refractivity contribution >= 4 is 5.82 Å². The molecule has 0 radical (unpaired) electrons. The van der Waals surface area contributed by atoms with Crippen LogP contribution in [0.3, 0.4) is 0 Å². The quantitative estimate of drug-likeness (QED) is 0.915. The number of aromatic nitrogens is 1. The van der Waals surface area contributed by atoms with Gasteiger partial charge in [-0.2, -0.15) is 0 Å². The normalized spacial score (nSPS) is 16.6. The molecule has 1 aromatic carbocycles. The second kappa shape index (κ2) is 5.41. The number of benzene rings is 1. The van der Waals surface area contributed by atoms with Gasteiger partial charge in [0, 0.05) is 24.8 Å². The van der Waals surface area contributed by atoms with Gasteiger partial charge in [0.1, 0.15) is 11.9 Å². The summed E-state index contributed by atoms with van der Waals surface area (Å²) in [6.07, 6.45) is 3.68. The van der Waals surface area contributed by atoms with Crippen molar-refractivity contribution in [1.29, 1.82) is 0 Å². The van der Waals surface area contributed by atoms with Gasteiger partial charge < -0.3 is 10.0 Å². The molecule has 0 saturated carbocycles. The Morgan fingerprint density at radius 3 is 2.32 bits per heavy atom. The summed E-state index contributed by atoms with van der Waals surface area (Å²) >= 11 is 0. The van der Waals surface area contributed by atoms with Crippen LogP contribution in [0.1, 0.15) is 30.1 Å². The summed E-state index contributed by atoms with van der Waals surface area (Å²) in [5.41, 5.74) is 1.74. The van der Waals surface area contributed by atoms with Gasteiger partial charge >= 0.3 is 0 Å². The fraction of sp³-hybridized carbons (Fsp3) is 0.312. The first-order valence-electron chi connectivity index (χ1n) is 6.78. The molecule has 0 aliphatic carbocycles. The minimum atomic E-state index is -0.596. The van der Waals surface area contributed by atoms with Gasteiger partial charge in [-0.15, -0.1) is 0 Å². The van der Waals surface area contributed by atoms with E-state index in [1.54, 1.807) is 6.20 Å². The molecule has 3 nitrogen and oxygen atoms in total. The first-order valence-corrected chi connectivity index (χ1v) is 6.78. The highest BCUT2D eigenvalue weighted by molar-refractivity contribution is 5.41. The van der Waals surface area contributed by atoms with Gasteiger partial charge in [-0.1, -0.05) is 36.4 Å². The summed E-state index contributed by atoms with van der Waals surface area (Å²) in [6.45, 7) is 2.18. The zero-order valence-corrected chi connectivity index (χ0v) is 10.9. The maximum Gasteiger partial charge on any atom is 0.128 e. The number of aliphatic hydroxyl groups excluding tert-OH is 1. The Balaban J connectivity index is 1.78. The predicted octanol–water partition coefficient (Wildman–Crippen LogP) is 2.76. The lowest BCUT2D eigenvalue weighted by Crippen LogP contribution is -2.18. The lowest BCUT2D eigenvalue weighted by Gasteiger charge is -2.17. The van der Waals surface area contributed by atoms with Gasteiger partial charge in [-0.25, -0.2) is 4.98 Å². The first kappa shape index (κ1) is 12.2. The molecule has 0 spiro atoms. The topological polar surface area (TPSA) is 36.4 Å². The summed E-state index contributed by atoms with van der Waals surface area (Å²) in [7, 11) is 0. The van der Waals surface area contributed by atoms with E-state index in [-0.39, 0.29) is 0 Å². The molecular formula is C16H18N2O. The second-order valence-electron chi connectivity index (χ2n) is 4.96. The van der Waals surface area contributed by atoms with E-state index in [9.17, 15) is 5.11 Å². The van der Waals surface area contributed by atoms with Crippen LogP contribution in [0, 0.1) is 0 Å². The van der Waals surface area contributed by atoms with Gasteiger partial charge in [-0.3, -0.25) is 0 Å². The average molecular weight is 254 g/mol. The van der Waals surface area contributed by atoms with Crippen LogP contribution in [0.2, 0.25) is 0 Å².